The van der Waals surface area contributed by atoms with Crippen LogP contribution >= 0.6 is 0 Å². The Morgan fingerprint density at radius 1 is 0.724 bits per heavy atom. The van der Waals surface area contributed by atoms with Gasteiger partial charge in [0.05, 0.1) is 0 Å². The first kappa shape index (κ1) is 24.4. The Labute approximate surface area is 194 Å². The van der Waals surface area contributed by atoms with E-state index in [4.69, 9.17) is 0 Å². The molecule has 0 spiro atoms. The van der Waals surface area contributed by atoms with Crippen molar-refractivity contribution in [3.63, 3.8) is 0 Å². The third kappa shape index (κ3) is 5.07. The van der Waals surface area contributed by atoms with Crippen LogP contribution in [0.15, 0.2) is 78.9 Å². The predicted molar refractivity (Wildman–Crippen MR) is 114 cm³/mol. The van der Waals surface area contributed by atoms with Crippen molar-refractivity contribution in [1.29, 1.82) is 0 Å². The molecule has 0 atom stereocenters. The quantitative estimate of drug-likeness (QED) is 0.490. The van der Waals surface area contributed by atoms with Crippen LogP contribution in [-0.4, -0.2) is 11.7 Å². The summed E-state index contributed by atoms with van der Waals surface area (Å²) >= 11 is -1.71. The fourth-order valence-electron chi connectivity index (χ4n) is 4.10. The van der Waals surface area contributed by atoms with E-state index < -0.39 is 23.0 Å². The van der Waals surface area contributed by atoms with Gasteiger partial charge in [-0.25, -0.2) is 0 Å². The Morgan fingerprint density at radius 2 is 1.17 bits per heavy atom. The van der Waals surface area contributed by atoms with Crippen molar-refractivity contribution in [1.82, 2.24) is 3.80 Å². The van der Waals surface area contributed by atoms with Gasteiger partial charge in [0.15, 0.2) is 0 Å². The van der Waals surface area contributed by atoms with Gasteiger partial charge in [-0.3, -0.25) is 0 Å². The Morgan fingerprint density at radius 3 is 1.66 bits per heavy atom. The molecule has 0 aromatic heterocycles. The van der Waals surface area contributed by atoms with E-state index in [-0.39, 0.29) is 30.4 Å². The van der Waals surface area contributed by atoms with E-state index in [2.05, 4.69) is 110 Å². The molecule has 5 heteroatoms. The van der Waals surface area contributed by atoms with Crippen molar-refractivity contribution in [3.8, 4) is 11.1 Å². The molecule has 1 aliphatic carbocycles. The number of rotatable bonds is 3. The van der Waals surface area contributed by atoms with Crippen LogP contribution in [-0.2, 0) is 16.9 Å². The summed E-state index contributed by atoms with van der Waals surface area (Å²) in [6.07, 6.45) is -0.649. The third-order valence-electron chi connectivity index (χ3n) is 5.24. The molecule has 0 unspecified atom stereocenters. The van der Waals surface area contributed by atoms with E-state index in [1.54, 1.807) is 16.3 Å². The van der Waals surface area contributed by atoms with E-state index in [0.717, 1.165) is 0 Å². The molecule has 0 fully saturated rings. The Bertz CT molecular complexity index is 967. The molecule has 0 aliphatic heterocycles. The van der Waals surface area contributed by atoms with Crippen LogP contribution in [0.4, 0.5) is 0 Å². The monoisotopic (exact) mass is 475 g/mol. The molecule has 0 radical (unpaired) electrons. The van der Waals surface area contributed by atoms with Gasteiger partial charge in [0.25, 0.3) is 0 Å². The number of benzene rings is 3. The summed E-state index contributed by atoms with van der Waals surface area (Å²) in [5, 5.41) is 1.57. The van der Waals surface area contributed by atoms with Crippen molar-refractivity contribution < 1.29 is 41.7 Å². The normalized spacial score (nSPS) is 12.9. The van der Waals surface area contributed by atoms with Gasteiger partial charge < -0.3 is 24.8 Å². The van der Waals surface area contributed by atoms with Crippen LogP contribution in [0.25, 0.3) is 11.1 Å². The fraction of sp³-hybridized carbons (Fsp3) is 0.250. The summed E-state index contributed by atoms with van der Waals surface area (Å²) in [7, 11) is 0. The number of nitrogens with one attached hydrogen (secondary N) is 1. The molecule has 0 saturated heterocycles. The second-order valence-corrected chi connectivity index (χ2v) is 18.5. The molecule has 0 saturated carbocycles. The van der Waals surface area contributed by atoms with Gasteiger partial charge >= 0.3 is 170 Å². The average molecular weight is 476 g/mol. The zero-order chi connectivity index (χ0) is 19.0. The Hall–Kier alpha value is -0.869. The molecular weight excluding hydrogens is 449 g/mol. The van der Waals surface area contributed by atoms with Crippen molar-refractivity contribution in [3.05, 3.63) is 90.0 Å². The molecule has 0 amide bonds. The summed E-state index contributed by atoms with van der Waals surface area (Å²) in [6.45, 7) is 9.52. The summed E-state index contributed by atoms with van der Waals surface area (Å²) in [5.41, 5.74) is 6.13. The van der Waals surface area contributed by atoms with Crippen molar-refractivity contribution in [2.75, 3.05) is 0 Å². The second-order valence-electron chi connectivity index (χ2n) is 8.39. The maximum atomic E-state index is 4.19. The van der Waals surface area contributed by atoms with Gasteiger partial charge in [-0.1, -0.05) is 0 Å². The minimum absolute atomic E-state index is 0. The zero-order valence-corrected chi connectivity index (χ0v) is 21.4. The molecule has 150 valence electrons. The maximum Gasteiger partial charge on any atom is -1.00 e. The summed E-state index contributed by atoms with van der Waals surface area (Å²) in [6, 6.07) is 29.4. The molecule has 29 heavy (non-hydrogen) atoms. The average Bonchev–Trinajstić information content (AvgIpc) is 3.00. The largest absolute Gasteiger partial charge is 1.00 e. The first-order chi connectivity index (χ1) is 13.0. The van der Waals surface area contributed by atoms with Gasteiger partial charge in [-0.15, -0.1) is 0 Å². The fourth-order valence-corrected chi connectivity index (χ4v) is 16.9. The van der Waals surface area contributed by atoms with Crippen molar-refractivity contribution >= 4 is 11.4 Å². The van der Waals surface area contributed by atoms with Crippen LogP contribution in [0.3, 0.4) is 0 Å². The number of halogens is 2. The molecule has 1 N–H and O–H groups in total. The van der Waals surface area contributed by atoms with Crippen molar-refractivity contribution in [2.45, 2.75) is 37.1 Å². The van der Waals surface area contributed by atoms with E-state index in [9.17, 15) is 0 Å². The standard InChI is InChI=1S/C13H9.C7H8Si.C4H10N.2ClH.Ti/c1-3-7-12-10(5-1)9-11-6-2-4-8-13(11)12;1-8-7-5-3-2-4-6-7;1-4(2,3)5;;;/h1-9H;2-6H,1H3;5H,1-3H3;2*1H;/q;;-1;;;+3/p-2. The summed E-state index contributed by atoms with van der Waals surface area (Å²) in [5.74, 6) is 0. The SMILES string of the molecule is C/[Si](c1ccccc1)=[Ti+2](/[NH]C(C)(C)C)[CH]1c2ccccc2-c2ccccc21.[Cl-].[Cl-]. The van der Waals surface area contributed by atoms with E-state index in [1.165, 1.54) is 11.1 Å². The number of hydrogen-bond donors (Lipinski definition) is 1. The van der Waals surface area contributed by atoms with E-state index in [1.807, 2.05) is 0 Å². The van der Waals surface area contributed by atoms with Crippen molar-refractivity contribution in [2.24, 2.45) is 0 Å². The Balaban J connectivity index is 0.00000150. The number of fused-ring (bicyclic) bond motifs is 3. The molecule has 0 bridgehead atoms. The molecule has 1 aliphatic rings. The van der Waals surface area contributed by atoms with Crippen LogP contribution in [0.5, 0.6) is 0 Å². The topological polar surface area (TPSA) is 12.0 Å². The van der Waals surface area contributed by atoms with Gasteiger partial charge in [0.2, 0.25) is 0 Å². The van der Waals surface area contributed by atoms with E-state index in [0.29, 0.717) is 4.22 Å². The maximum absolute atomic E-state index is 4.19. The smallest absolute Gasteiger partial charge is 1.00 e. The number of hydrogen-bond acceptors (Lipinski definition) is 1. The molecule has 3 aromatic rings. The molecule has 3 aromatic carbocycles. The molecule has 1 nitrogen and oxygen atoms in total. The first-order valence-electron chi connectivity index (χ1n) is 9.68. The van der Waals surface area contributed by atoms with Crippen LogP contribution in [0, 0.1) is 0 Å². The first-order valence-corrected chi connectivity index (χ1v) is 15.7. The van der Waals surface area contributed by atoms with Gasteiger partial charge in [0.1, 0.15) is 0 Å². The second kappa shape index (κ2) is 9.96. The molecule has 0 heterocycles. The summed E-state index contributed by atoms with van der Waals surface area (Å²) < 4.78 is 4.76. The van der Waals surface area contributed by atoms with Crippen LogP contribution in [0.1, 0.15) is 36.1 Å². The van der Waals surface area contributed by atoms with Gasteiger partial charge in [-0.05, 0) is 0 Å². The zero-order valence-electron chi connectivity index (χ0n) is 17.3. The predicted octanol–water partition coefficient (Wildman–Crippen LogP) is -0.786. The minimum atomic E-state index is -1.71. The third-order valence-corrected chi connectivity index (χ3v) is 17.6. The van der Waals surface area contributed by atoms with Gasteiger partial charge in [-0.2, -0.15) is 0 Å². The van der Waals surface area contributed by atoms with Gasteiger partial charge in [0, 0.05) is 0 Å². The van der Waals surface area contributed by atoms with E-state index >= 15 is 0 Å². The van der Waals surface area contributed by atoms with Crippen LogP contribution in [0.2, 0.25) is 6.55 Å². The minimum Gasteiger partial charge on any atom is -1.00 e. The van der Waals surface area contributed by atoms with Crippen LogP contribution < -0.4 is 33.8 Å². The molecular formula is C24H27Cl2NSiTi. The summed E-state index contributed by atoms with van der Waals surface area (Å²) in [4.78, 5) is 0. The molecule has 4 rings (SSSR count). The Kier molecular flexibility index (Phi) is 8.38.